The van der Waals surface area contributed by atoms with Crippen LogP contribution in [0, 0.1) is 5.92 Å². The molecule has 0 bridgehead atoms. The highest BCUT2D eigenvalue weighted by molar-refractivity contribution is 4.91. The molecule has 7 atom stereocenters. The second kappa shape index (κ2) is 10.2. The van der Waals surface area contributed by atoms with Gasteiger partial charge < -0.3 is 19.1 Å². The van der Waals surface area contributed by atoms with Gasteiger partial charge in [-0.1, -0.05) is 0 Å². The molecular formula is C23H44N2O3. The lowest BCUT2D eigenvalue weighted by Gasteiger charge is -2.35. The maximum absolute atomic E-state index is 6.55. The zero-order valence-electron chi connectivity index (χ0n) is 19.1. The fourth-order valence-electron chi connectivity index (χ4n) is 5.92. The minimum atomic E-state index is 0.296. The first-order chi connectivity index (χ1) is 13.3. The summed E-state index contributed by atoms with van der Waals surface area (Å²) in [6, 6.07) is 1.71. The number of nitrogens with zero attached hydrogens (tertiary/aromatic N) is 2. The van der Waals surface area contributed by atoms with Crippen molar-refractivity contribution in [2.45, 2.75) is 109 Å². The van der Waals surface area contributed by atoms with Crippen LogP contribution in [0.3, 0.4) is 0 Å². The molecule has 3 fully saturated rings. The van der Waals surface area contributed by atoms with Gasteiger partial charge in [0.25, 0.3) is 0 Å². The second-order valence-electron chi connectivity index (χ2n) is 9.85. The first-order valence-electron chi connectivity index (χ1n) is 11.7. The normalized spacial score (nSPS) is 35.7. The minimum absolute atomic E-state index is 0.296. The Morgan fingerprint density at radius 3 is 2.43 bits per heavy atom. The van der Waals surface area contributed by atoms with Crippen molar-refractivity contribution in [1.82, 2.24) is 9.80 Å². The van der Waals surface area contributed by atoms with Gasteiger partial charge in [-0.25, -0.2) is 0 Å². The predicted octanol–water partition coefficient (Wildman–Crippen LogP) is 3.56. The van der Waals surface area contributed by atoms with Crippen molar-refractivity contribution in [3.8, 4) is 0 Å². The molecule has 0 aromatic rings. The first kappa shape index (κ1) is 22.5. The molecule has 0 radical (unpaired) electrons. The molecule has 0 N–H and O–H groups in total. The van der Waals surface area contributed by atoms with Crippen LogP contribution in [0.15, 0.2) is 0 Å². The van der Waals surface area contributed by atoms with E-state index < -0.39 is 0 Å². The summed E-state index contributed by atoms with van der Waals surface area (Å²) in [5.74, 6) is 0.707. The summed E-state index contributed by atoms with van der Waals surface area (Å²) in [5.41, 5.74) is 0. The van der Waals surface area contributed by atoms with E-state index in [1.807, 2.05) is 0 Å². The molecule has 0 aromatic carbocycles. The number of hydrogen-bond acceptors (Lipinski definition) is 5. The average Bonchev–Trinajstić information content (AvgIpc) is 3.33. The topological polar surface area (TPSA) is 34.2 Å². The zero-order chi connectivity index (χ0) is 20.3. The van der Waals surface area contributed by atoms with Crippen molar-refractivity contribution in [1.29, 1.82) is 0 Å². The first-order valence-corrected chi connectivity index (χ1v) is 11.7. The molecule has 0 spiro atoms. The average molecular weight is 397 g/mol. The van der Waals surface area contributed by atoms with E-state index in [4.69, 9.17) is 14.2 Å². The smallest absolute Gasteiger partial charge is 0.0705 e. The van der Waals surface area contributed by atoms with Crippen molar-refractivity contribution in [2.75, 3.05) is 33.4 Å². The van der Waals surface area contributed by atoms with E-state index in [-0.39, 0.29) is 0 Å². The van der Waals surface area contributed by atoms with Gasteiger partial charge in [0.2, 0.25) is 0 Å². The highest BCUT2D eigenvalue weighted by Gasteiger charge is 2.38. The number of rotatable bonds is 9. The standard InChI is InChI=1S/C23H44N2O3/c1-16(2)27-19(5)23-13-20(14-24(23)6)12-17(3)28-18(4)22-8-7-10-25(22)21-9-11-26-15-21/h16-23H,7-15H2,1-6H3/t17?,18-,19-,20?,21+,22-,23-/m0/s1. The Hall–Kier alpha value is -0.200. The molecule has 3 heterocycles. The van der Waals surface area contributed by atoms with Crippen molar-refractivity contribution >= 4 is 0 Å². The van der Waals surface area contributed by atoms with Gasteiger partial charge >= 0.3 is 0 Å². The third-order valence-electron chi connectivity index (χ3n) is 7.09. The third-order valence-corrected chi connectivity index (χ3v) is 7.09. The van der Waals surface area contributed by atoms with E-state index in [2.05, 4.69) is 51.5 Å². The van der Waals surface area contributed by atoms with Gasteiger partial charge in [-0.3, -0.25) is 4.90 Å². The lowest BCUT2D eigenvalue weighted by Crippen LogP contribution is -2.46. The maximum Gasteiger partial charge on any atom is 0.0705 e. The van der Waals surface area contributed by atoms with Crippen molar-refractivity contribution in [3.05, 3.63) is 0 Å². The van der Waals surface area contributed by atoms with Crippen molar-refractivity contribution in [2.24, 2.45) is 5.92 Å². The predicted molar refractivity (Wildman–Crippen MR) is 114 cm³/mol. The molecule has 3 aliphatic rings. The summed E-state index contributed by atoms with van der Waals surface area (Å²) >= 11 is 0. The van der Waals surface area contributed by atoms with Crippen LogP contribution in [0.4, 0.5) is 0 Å². The summed E-state index contributed by atoms with van der Waals surface area (Å²) < 4.78 is 18.2. The highest BCUT2D eigenvalue weighted by atomic mass is 16.5. The summed E-state index contributed by atoms with van der Waals surface area (Å²) in [6.07, 6.45) is 7.34. The lowest BCUT2D eigenvalue weighted by molar-refractivity contribution is -0.0486. The lowest BCUT2D eigenvalue weighted by atomic mass is 9.97. The Morgan fingerprint density at radius 1 is 1.00 bits per heavy atom. The fraction of sp³-hybridized carbons (Fsp3) is 1.00. The number of likely N-dealkylation sites (N-methyl/N-ethyl adjacent to an activating group) is 1. The van der Waals surface area contributed by atoms with Crippen LogP contribution in [0.5, 0.6) is 0 Å². The van der Waals surface area contributed by atoms with E-state index >= 15 is 0 Å². The van der Waals surface area contributed by atoms with Crippen LogP contribution in [0.2, 0.25) is 0 Å². The zero-order valence-corrected chi connectivity index (χ0v) is 19.1. The maximum atomic E-state index is 6.55. The van der Waals surface area contributed by atoms with Crippen LogP contribution in [0.25, 0.3) is 0 Å². The highest BCUT2D eigenvalue weighted by Crippen LogP contribution is 2.31. The molecule has 0 aromatic heterocycles. The van der Waals surface area contributed by atoms with Gasteiger partial charge in [-0.2, -0.15) is 0 Å². The minimum Gasteiger partial charge on any atom is -0.380 e. The molecule has 28 heavy (non-hydrogen) atoms. The summed E-state index contributed by atoms with van der Waals surface area (Å²) in [5, 5.41) is 0. The van der Waals surface area contributed by atoms with E-state index in [0.29, 0.717) is 48.5 Å². The SMILES string of the molecule is CC(C)O[C@@H](C)[C@@H]1CC(CC(C)O[C@@H](C)[C@@H]2CCCN2[C@@H]2CCOC2)CN1C. The molecule has 2 unspecified atom stereocenters. The van der Waals surface area contributed by atoms with Gasteiger partial charge in [-0.05, 0) is 86.2 Å². The van der Waals surface area contributed by atoms with Crippen LogP contribution in [-0.2, 0) is 14.2 Å². The van der Waals surface area contributed by atoms with E-state index in [9.17, 15) is 0 Å². The molecule has 3 aliphatic heterocycles. The van der Waals surface area contributed by atoms with Gasteiger partial charge in [0.15, 0.2) is 0 Å². The molecule has 3 rings (SSSR count). The Labute approximate surface area is 173 Å². The molecular weight excluding hydrogens is 352 g/mol. The van der Waals surface area contributed by atoms with Crippen molar-refractivity contribution < 1.29 is 14.2 Å². The number of ether oxygens (including phenoxy) is 3. The molecule has 164 valence electrons. The Bertz CT molecular complexity index is 469. The van der Waals surface area contributed by atoms with Gasteiger partial charge in [0.1, 0.15) is 0 Å². The molecule has 3 saturated heterocycles. The van der Waals surface area contributed by atoms with E-state index in [0.717, 1.165) is 26.2 Å². The third kappa shape index (κ3) is 5.69. The van der Waals surface area contributed by atoms with Crippen molar-refractivity contribution in [3.63, 3.8) is 0 Å². The Kier molecular flexibility index (Phi) is 8.20. The van der Waals surface area contributed by atoms with Crippen LogP contribution in [-0.4, -0.2) is 85.7 Å². The summed E-state index contributed by atoms with van der Waals surface area (Å²) in [7, 11) is 2.25. The fourth-order valence-corrected chi connectivity index (χ4v) is 5.92. The van der Waals surface area contributed by atoms with E-state index in [1.165, 1.54) is 32.2 Å². The van der Waals surface area contributed by atoms with Crippen LogP contribution < -0.4 is 0 Å². The summed E-state index contributed by atoms with van der Waals surface area (Å²) in [4.78, 5) is 5.17. The van der Waals surface area contributed by atoms with Crippen LogP contribution >= 0.6 is 0 Å². The molecule has 0 saturated carbocycles. The van der Waals surface area contributed by atoms with Gasteiger partial charge in [-0.15, -0.1) is 0 Å². The van der Waals surface area contributed by atoms with Gasteiger partial charge in [0.05, 0.1) is 31.0 Å². The monoisotopic (exact) mass is 396 g/mol. The molecule has 5 heteroatoms. The Morgan fingerprint density at radius 2 is 1.75 bits per heavy atom. The quantitative estimate of drug-likeness (QED) is 0.595. The Balaban J connectivity index is 1.45. The second-order valence-corrected chi connectivity index (χ2v) is 9.85. The summed E-state index contributed by atoms with van der Waals surface area (Å²) in [6.45, 7) is 15.3. The number of hydrogen-bond donors (Lipinski definition) is 0. The molecule has 5 nitrogen and oxygen atoms in total. The molecule has 0 amide bonds. The largest absolute Gasteiger partial charge is 0.380 e. The van der Waals surface area contributed by atoms with Gasteiger partial charge in [0, 0.05) is 31.3 Å². The number of likely N-dealkylation sites (tertiary alicyclic amines) is 2. The van der Waals surface area contributed by atoms with Crippen LogP contribution in [0.1, 0.15) is 66.7 Å². The molecule has 0 aliphatic carbocycles. The van der Waals surface area contributed by atoms with E-state index in [1.54, 1.807) is 0 Å².